The third-order valence-corrected chi connectivity index (χ3v) is 6.60. The van der Waals surface area contributed by atoms with Gasteiger partial charge in [-0.1, -0.05) is 87.3 Å². The molecule has 0 unspecified atom stereocenters. The van der Waals surface area contributed by atoms with E-state index in [9.17, 15) is 4.79 Å². The van der Waals surface area contributed by atoms with Crippen LogP contribution in [0.1, 0.15) is 52.7 Å². The molecule has 0 heterocycles. The van der Waals surface area contributed by atoms with Crippen molar-refractivity contribution in [3.05, 3.63) is 91.4 Å². The molecule has 0 bridgehead atoms. The number of hydrogen-bond donors (Lipinski definition) is 0. The number of rotatable bonds is 3. The Bertz CT molecular complexity index is 1170. The van der Waals surface area contributed by atoms with Gasteiger partial charge in [-0.3, -0.25) is 4.79 Å². The highest BCUT2D eigenvalue weighted by Gasteiger charge is 2.34. The zero-order valence-corrected chi connectivity index (χ0v) is 23.4. The maximum Gasteiger partial charge on any atom is 0.186 e. The average Bonchev–Trinajstić information content (AvgIpc) is 2.69. The summed E-state index contributed by atoms with van der Waals surface area (Å²) in [5.74, 6) is 0.106. The normalized spacial score (nSPS) is 15.1. The van der Waals surface area contributed by atoms with E-state index in [1.165, 1.54) is 5.56 Å². The van der Waals surface area contributed by atoms with Crippen LogP contribution in [0.2, 0.25) is 0 Å². The Morgan fingerprint density at radius 3 is 1.85 bits per heavy atom. The van der Waals surface area contributed by atoms with E-state index < -0.39 is 0 Å². The van der Waals surface area contributed by atoms with Gasteiger partial charge in [0.25, 0.3) is 0 Å². The van der Waals surface area contributed by atoms with E-state index in [4.69, 9.17) is 5.11 Å². The van der Waals surface area contributed by atoms with Gasteiger partial charge < -0.3 is 0 Å². The predicted octanol–water partition coefficient (Wildman–Crippen LogP) is 9.54. The molecule has 0 atom stereocenters. The fraction of sp³-hybridized carbons (Fsp3) is 0.321. The smallest absolute Gasteiger partial charge is 0.186 e. The van der Waals surface area contributed by atoms with Crippen LogP contribution in [0.5, 0.6) is 0 Å². The molecule has 3 nitrogen and oxygen atoms in total. The Morgan fingerprint density at radius 2 is 1.36 bits per heavy atom. The third kappa shape index (κ3) is 6.07. The molecule has 0 fully saturated rings. The number of nitrogens with zero attached hydrogens (tertiary/aromatic N) is 2. The van der Waals surface area contributed by atoms with Crippen LogP contribution in [0, 0.1) is 17.8 Å². The van der Waals surface area contributed by atoms with Crippen LogP contribution >= 0.6 is 31.9 Å². The minimum atomic E-state index is -0.294. The Kier molecular flexibility index (Phi) is 7.45. The van der Waals surface area contributed by atoms with E-state index in [2.05, 4.69) is 110 Å². The summed E-state index contributed by atoms with van der Waals surface area (Å²) in [6.45, 7) is 14.5. The molecule has 0 aliphatic heterocycles. The van der Waals surface area contributed by atoms with Crippen molar-refractivity contribution in [1.82, 2.24) is 0 Å². The molecule has 0 saturated heterocycles. The van der Waals surface area contributed by atoms with Crippen LogP contribution in [0.15, 0.2) is 90.5 Å². The Morgan fingerprint density at radius 1 is 0.818 bits per heavy atom. The van der Waals surface area contributed by atoms with E-state index in [-0.39, 0.29) is 16.6 Å². The number of aryl methyl sites for hydroxylation is 1. The van der Waals surface area contributed by atoms with Crippen LogP contribution in [0.25, 0.3) is 5.70 Å². The lowest BCUT2D eigenvalue weighted by Crippen LogP contribution is -2.28. The van der Waals surface area contributed by atoms with E-state index in [1.807, 2.05) is 30.4 Å². The number of benzene rings is 2. The average molecular weight is 570 g/mol. The largest absolute Gasteiger partial charge is 0.289 e. The van der Waals surface area contributed by atoms with Crippen LogP contribution in [0.4, 0.5) is 5.69 Å². The van der Waals surface area contributed by atoms with Gasteiger partial charge in [0.2, 0.25) is 0 Å². The number of hydrogen-bond acceptors (Lipinski definition) is 3. The van der Waals surface area contributed by atoms with Gasteiger partial charge in [-0.15, -0.1) is 10.2 Å². The maximum atomic E-state index is 13.4. The number of Topliss-reactive ketones (excluding diaryl/α,β-unsaturated/α-hetero) is 1. The molecule has 0 N–H and O–H groups in total. The maximum absolute atomic E-state index is 13.4. The van der Waals surface area contributed by atoms with Crippen LogP contribution < -0.4 is 0 Å². The van der Waals surface area contributed by atoms with Crippen molar-refractivity contribution in [3.8, 4) is 0 Å². The molecule has 2 aromatic carbocycles. The van der Waals surface area contributed by atoms with Gasteiger partial charge in [0, 0.05) is 31.2 Å². The molecule has 0 spiro atoms. The summed E-state index contributed by atoms with van der Waals surface area (Å²) in [5, 5.41) is 9.30. The molecule has 33 heavy (non-hydrogen) atoms. The molecular formula is C28H30Br2N2O. The van der Waals surface area contributed by atoms with E-state index in [0.29, 0.717) is 0 Å². The molecule has 0 radical (unpaired) electrons. The van der Waals surface area contributed by atoms with Crippen LogP contribution in [-0.4, -0.2) is 5.78 Å². The van der Waals surface area contributed by atoms with Gasteiger partial charge in [-0.2, -0.15) is 0 Å². The molecular weight excluding hydrogens is 540 g/mol. The summed E-state index contributed by atoms with van der Waals surface area (Å²) >= 11 is 7.05. The molecule has 1 aliphatic rings. The molecule has 2 aromatic rings. The Balaban J connectivity index is 2.30. The lowest BCUT2D eigenvalue weighted by Gasteiger charge is -2.31. The van der Waals surface area contributed by atoms with Gasteiger partial charge in [-0.05, 0) is 64.0 Å². The molecule has 172 valence electrons. The van der Waals surface area contributed by atoms with Crippen molar-refractivity contribution < 1.29 is 4.79 Å². The van der Waals surface area contributed by atoms with Crippen molar-refractivity contribution in [2.45, 2.75) is 48.5 Å². The SMILES string of the molecule is Cc1ccc(C(N=Nc2ccc(Br)cc2Br)=C2C=C(C(C)(C)C)C(=O)C(C(C)(C)C)=C2)cc1. The first-order chi connectivity index (χ1) is 15.3. The minimum absolute atomic E-state index is 0.106. The summed E-state index contributed by atoms with van der Waals surface area (Å²) in [7, 11) is 0. The number of carbonyl (C=O) groups excluding carboxylic acids is 1. The molecule has 3 rings (SSSR count). The first-order valence-corrected chi connectivity index (χ1v) is 12.5. The zero-order valence-electron chi connectivity index (χ0n) is 20.3. The third-order valence-electron chi connectivity index (χ3n) is 5.47. The van der Waals surface area contributed by atoms with Crippen molar-refractivity contribution in [1.29, 1.82) is 0 Å². The van der Waals surface area contributed by atoms with E-state index in [1.54, 1.807) is 0 Å². The van der Waals surface area contributed by atoms with Crippen LogP contribution in [-0.2, 0) is 4.79 Å². The second kappa shape index (κ2) is 9.63. The van der Waals surface area contributed by atoms with Gasteiger partial charge in [0.05, 0.1) is 5.69 Å². The fourth-order valence-corrected chi connectivity index (χ4v) is 4.67. The number of carbonyl (C=O) groups is 1. The topological polar surface area (TPSA) is 41.8 Å². The first kappa shape index (κ1) is 25.5. The van der Waals surface area contributed by atoms with Crippen molar-refractivity contribution >= 4 is 49.0 Å². The summed E-state index contributed by atoms with van der Waals surface area (Å²) in [6.07, 6.45) is 3.98. The Labute approximate surface area is 214 Å². The fourth-order valence-electron chi connectivity index (χ4n) is 3.54. The lowest BCUT2D eigenvalue weighted by atomic mass is 9.71. The van der Waals surface area contributed by atoms with E-state index >= 15 is 0 Å². The van der Waals surface area contributed by atoms with Gasteiger partial charge in [0.15, 0.2) is 5.78 Å². The molecule has 1 aliphatic carbocycles. The summed E-state index contributed by atoms with van der Waals surface area (Å²) in [4.78, 5) is 13.4. The number of ketones is 1. The highest BCUT2D eigenvalue weighted by atomic mass is 79.9. The first-order valence-electron chi connectivity index (χ1n) is 10.9. The number of allylic oxidation sites excluding steroid dienone is 5. The van der Waals surface area contributed by atoms with Gasteiger partial charge >= 0.3 is 0 Å². The van der Waals surface area contributed by atoms with Gasteiger partial charge in [-0.25, -0.2) is 0 Å². The quantitative estimate of drug-likeness (QED) is 0.339. The second-order valence-corrected chi connectivity index (χ2v) is 12.2. The summed E-state index contributed by atoms with van der Waals surface area (Å²) in [5.41, 5.74) is 5.47. The van der Waals surface area contributed by atoms with Crippen LogP contribution in [0.3, 0.4) is 0 Å². The predicted molar refractivity (Wildman–Crippen MR) is 145 cm³/mol. The van der Waals surface area contributed by atoms with Crippen molar-refractivity contribution in [2.24, 2.45) is 21.1 Å². The van der Waals surface area contributed by atoms with E-state index in [0.717, 1.165) is 42.6 Å². The highest BCUT2D eigenvalue weighted by molar-refractivity contribution is 9.11. The lowest BCUT2D eigenvalue weighted by molar-refractivity contribution is -0.114. The van der Waals surface area contributed by atoms with Gasteiger partial charge in [0.1, 0.15) is 5.70 Å². The Hall–Kier alpha value is -2.11. The zero-order chi connectivity index (χ0) is 24.6. The molecule has 0 aromatic heterocycles. The minimum Gasteiger partial charge on any atom is -0.289 e. The standard InChI is InChI=1S/C28H30Br2N2O/c1-17-8-10-18(11-9-17)25(32-31-24-13-12-20(29)16-23(24)30)19-14-21(27(2,3)4)26(33)22(15-19)28(5,6)7/h8-16H,1-7H3. The number of azo groups is 1. The molecule has 5 heteroatoms. The monoisotopic (exact) mass is 568 g/mol. The molecule has 0 amide bonds. The summed E-state index contributed by atoms with van der Waals surface area (Å²) in [6, 6.07) is 14.0. The van der Waals surface area contributed by atoms with Crippen molar-refractivity contribution in [2.75, 3.05) is 0 Å². The van der Waals surface area contributed by atoms with Crippen molar-refractivity contribution in [3.63, 3.8) is 0 Å². The number of halogens is 2. The molecule has 0 saturated carbocycles. The second-order valence-electron chi connectivity index (χ2n) is 10.4. The highest BCUT2D eigenvalue weighted by Crippen LogP contribution is 2.41. The summed E-state index contributed by atoms with van der Waals surface area (Å²) < 4.78 is 1.82.